The van der Waals surface area contributed by atoms with Gasteiger partial charge in [-0.1, -0.05) is 54.6 Å². The van der Waals surface area contributed by atoms with Gasteiger partial charge in [0, 0.05) is 47.6 Å². The highest BCUT2D eigenvalue weighted by Crippen LogP contribution is 2.60. The maximum atomic E-state index is 16.4. The van der Waals surface area contributed by atoms with Crippen LogP contribution in [0, 0.1) is 16.0 Å². The number of cyclic esters (lactones) is 1. The number of nitro groups is 1. The first-order chi connectivity index (χ1) is 24.4. The van der Waals surface area contributed by atoms with Gasteiger partial charge in [-0.2, -0.15) is 0 Å². The molecule has 0 saturated carbocycles. The van der Waals surface area contributed by atoms with Crippen LogP contribution in [0.15, 0.2) is 79.0 Å². The molecule has 4 heterocycles. The second kappa shape index (κ2) is 13.3. The van der Waals surface area contributed by atoms with E-state index in [1.54, 1.807) is 47.1 Å². The fourth-order valence-electron chi connectivity index (χ4n) is 8.06. The van der Waals surface area contributed by atoms with Gasteiger partial charge in [-0.25, -0.2) is 4.79 Å². The van der Waals surface area contributed by atoms with E-state index in [9.17, 15) is 24.8 Å². The van der Waals surface area contributed by atoms with E-state index in [1.165, 1.54) is 17.0 Å². The lowest BCUT2D eigenvalue weighted by Gasteiger charge is -2.31. The molecule has 1 unspecified atom stereocenters. The normalized spacial score (nSPS) is 23.6. The summed E-state index contributed by atoms with van der Waals surface area (Å²) in [5.74, 6) is -1.41. The summed E-state index contributed by atoms with van der Waals surface area (Å²) in [7, 11) is -3.50. The Balaban J connectivity index is 1.18. The van der Waals surface area contributed by atoms with Crippen LogP contribution < -0.4 is 9.80 Å². The number of aliphatic hydroxyl groups excluding tert-OH is 1. The van der Waals surface area contributed by atoms with Gasteiger partial charge in [-0.3, -0.25) is 24.5 Å². The number of benzene rings is 3. The Bertz CT molecular complexity index is 1960. The summed E-state index contributed by atoms with van der Waals surface area (Å²) in [5.41, 5.74) is 1.29. The van der Waals surface area contributed by atoms with E-state index in [2.05, 4.69) is 10.3 Å². The van der Waals surface area contributed by atoms with Crippen molar-refractivity contribution < 1.29 is 33.2 Å². The Morgan fingerprint density at radius 1 is 1.12 bits per heavy atom. The number of carbonyl (C=O) groups is 2. The summed E-state index contributed by atoms with van der Waals surface area (Å²) in [6, 6.07) is 21.0. The van der Waals surface area contributed by atoms with Crippen LogP contribution in [0.2, 0.25) is 18.6 Å². The van der Waals surface area contributed by atoms with Gasteiger partial charge in [0.25, 0.3) is 11.6 Å². The summed E-state index contributed by atoms with van der Waals surface area (Å²) in [6.45, 7) is 6.06. The number of carbonyl (C=O) groups excluding carboxylic acids is 2. The maximum absolute atomic E-state index is 16.4. The van der Waals surface area contributed by atoms with Gasteiger partial charge in [-0.15, -0.1) is 5.10 Å². The molecule has 2 amide bonds. The third-order valence-corrected chi connectivity index (χ3v) is 12.9. The minimum Gasteiger partial charge on any atom is -0.447 e. The lowest BCUT2D eigenvalue weighted by Crippen LogP contribution is -2.45. The number of non-ortho nitro benzene ring substituents is 1. The topological polar surface area (TPSA) is 153 Å². The molecule has 1 aromatic heterocycles. The van der Waals surface area contributed by atoms with E-state index >= 15 is 4.11 Å². The predicted octanol–water partition coefficient (Wildman–Crippen LogP) is 5.68. The van der Waals surface area contributed by atoms with Crippen LogP contribution >= 0.6 is 0 Å². The Morgan fingerprint density at radius 2 is 1.86 bits per heavy atom. The quantitative estimate of drug-likeness (QED) is 0.0895. The van der Waals surface area contributed by atoms with Crippen molar-refractivity contribution in [3.63, 3.8) is 0 Å². The highest BCUT2D eigenvalue weighted by Gasteiger charge is 2.66. The zero-order valence-corrected chi connectivity index (χ0v) is 29.5. The van der Waals surface area contributed by atoms with E-state index in [-0.39, 0.29) is 24.8 Å². The molecule has 0 bridgehead atoms. The fourth-order valence-corrected chi connectivity index (χ4v) is 10.6. The lowest BCUT2D eigenvalue weighted by atomic mass is 9.82. The average molecular weight is 715 g/mol. The number of halogens is 1. The van der Waals surface area contributed by atoms with Crippen LogP contribution in [0.4, 0.5) is 26.0 Å². The number of fused-ring (bicyclic) bond motifs is 2. The number of aryl methyl sites for hydroxylation is 1. The van der Waals surface area contributed by atoms with Crippen LogP contribution in [-0.2, 0) is 33.0 Å². The Labute approximate surface area is 294 Å². The van der Waals surface area contributed by atoms with E-state index in [0.717, 1.165) is 11.1 Å². The number of amides is 2. The van der Waals surface area contributed by atoms with Gasteiger partial charge < -0.3 is 23.6 Å². The minimum atomic E-state index is -3.50. The molecule has 2 fully saturated rings. The summed E-state index contributed by atoms with van der Waals surface area (Å²) in [6.07, 6.45) is 0.954. The van der Waals surface area contributed by atoms with E-state index in [4.69, 9.17) is 9.47 Å². The van der Waals surface area contributed by atoms with Crippen molar-refractivity contribution >= 4 is 37.5 Å². The van der Waals surface area contributed by atoms with Gasteiger partial charge in [0.15, 0.2) is 5.60 Å². The van der Waals surface area contributed by atoms with Gasteiger partial charge in [-0.05, 0) is 48.8 Å². The predicted molar refractivity (Wildman–Crippen MR) is 187 cm³/mol. The number of nitrogens with zero attached hydrogens (tertiary/aromatic N) is 6. The first-order valence-corrected chi connectivity index (χ1v) is 19.9. The molecular formula is C36H39FN6O7Si. The van der Waals surface area contributed by atoms with Crippen molar-refractivity contribution in [1.82, 2.24) is 15.0 Å². The molecule has 13 nitrogen and oxygen atoms in total. The van der Waals surface area contributed by atoms with E-state index < -0.39 is 48.5 Å². The van der Waals surface area contributed by atoms with Crippen LogP contribution in [0.1, 0.15) is 41.6 Å². The molecule has 51 heavy (non-hydrogen) atoms. The van der Waals surface area contributed by atoms with Crippen molar-refractivity contribution in [1.29, 1.82) is 0 Å². The second-order valence-corrected chi connectivity index (χ2v) is 17.7. The van der Waals surface area contributed by atoms with Gasteiger partial charge >= 0.3 is 6.09 Å². The number of nitro benzene ring substituents is 1. The molecule has 5 atom stereocenters. The second-order valence-electron chi connectivity index (χ2n) is 13.9. The van der Waals surface area contributed by atoms with E-state index in [0.29, 0.717) is 48.7 Å². The molecule has 3 aromatic carbocycles. The highest BCUT2D eigenvalue weighted by molar-refractivity contribution is 6.72. The standard InChI is InChI=1S/C36H39FN6O7Si/c1-23-33(51(2,3)37)32(15-16-40-21-30(38-39-40)28(22-44)25-7-5-4-6-8-25)50-36(23)29-19-27(43(47)48)13-14-31(29)42(34(36)45)20-24-9-11-26(12-10-24)41-17-18-49-35(41)46/h4-14,19,21,23,28,32-33,44H,15-18,20,22H2,1-3H3/t23-,28?,32+,33-,36+/m0/s1. The molecule has 1 spiro atoms. The molecule has 2 saturated heterocycles. The molecule has 15 heteroatoms. The Hall–Kier alpha value is -4.99. The van der Waals surface area contributed by atoms with Crippen molar-refractivity contribution in [3.05, 3.63) is 111 Å². The molecule has 0 aliphatic carbocycles. The largest absolute Gasteiger partial charge is 0.447 e. The summed E-state index contributed by atoms with van der Waals surface area (Å²) in [5, 5.41) is 30.7. The molecule has 3 aliphatic heterocycles. The summed E-state index contributed by atoms with van der Waals surface area (Å²) in [4.78, 5) is 41.3. The maximum Gasteiger partial charge on any atom is 0.414 e. The van der Waals surface area contributed by atoms with Crippen molar-refractivity contribution in [2.45, 2.75) is 62.7 Å². The fraction of sp³-hybridized carbons (Fsp3) is 0.389. The first kappa shape index (κ1) is 34.5. The number of ether oxygens (including phenoxy) is 2. The van der Waals surface area contributed by atoms with Crippen LogP contribution in [-0.4, -0.2) is 71.3 Å². The van der Waals surface area contributed by atoms with Gasteiger partial charge in [0.05, 0.1) is 48.0 Å². The average Bonchev–Trinajstić information content (AvgIpc) is 3.88. The zero-order valence-electron chi connectivity index (χ0n) is 28.5. The van der Waals surface area contributed by atoms with Crippen molar-refractivity contribution in [2.24, 2.45) is 5.92 Å². The van der Waals surface area contributed by atoms with Gasteiger partial charge in [0.2, 0.25) is 8.41 Å². The summed E-state index contributed by atoms with van der Waals surface area (Å²) < 4.78 is 29.8. The number of aliphatic hydroxyl groups is 1. The lowest BCUT2D eigenvalue weighted by molar-refractivity contribution is -0.385. The number of hydrogen-bond acceptors (Lipinski definition) is 9. The summed E-state index contributed by atoms with van der Waals surface area (Å²) >= 11 is 0. The number of rotatable bonds is 11. The van der Waals surface area contributed by atoms with E-state index in [1.807, 2.05) is 49.4 Å². The molecule has 0 radical (unpaired) electrons. The number of hydrogen-bond donors (Lipinski definition) is 1. The number of aromatic nitrogens is 3. The monoisotopic (exact) mass is 714 g/mol. The van der Waals surface area contributed by atoms with Crippen LogP contribution in [0.5, 0.6) is 0 Å². The molecule has 3 aliphatic rings. The van der Waals surface area contributed by atoms with Crippen molar-refractivity contribution in [2.75, 3.05) is 29.6 Å². The highest BCUT2D eigenvalue weighted by atomic mass is 28.4. The molecule has 4 aromatic rings. The van der Waals surface area contributed by atoms with Crippen LogP contribution in [0.3, 0.4) is 0 Å². The third-order valence-electron chi connectivity index (χ3n) is 10.4. The molecule has 266 valence electrons. The van der Waals surface area contributed by atoms with Crippen molar-refractivity contribution in [3.8, 4) is 0 Å². The third kappa shape index (κ3) is 6.08. The molecule has 1 N–H and O–H groups in total. The first-order valence-electron chi connectivity index (χ1n) is 17.0. The molecule has 7 rings (SSSR count). The van der Waals surface area contributed by atoms with Crippen LogP contribution in [0.25, 0.3) is 0 Å². The smallest absolute Gasteiger partial charge is 0.414 e. The Kier molecular flexibility index (Phi) is 8.97. The number of anilines is 2. The Morgan fingerprint density at radius 3 is 2.51 bits per heavy atom. The minimum absolute atomic E-state index is 0.132. The zero-order chi connectivity index (χ0) is 36.1. The van der Waals surface area contributed by atoms with Gasteiger partial charge in [0.1, 0.15) is 6.61 Å². The molecular weight excluding hydrogens is 676 g/mol. The SMILES string of the molecule is C[C@H]1[C@H]([Si](C)(C)F)[C@@H](CCn2cc(C(CO)c3ccccc3)nn2)O[C@]12C(=O)N(Cc1ccc(N3CCOC3=O)cc1)c1ccc([N+](=O)[O-])cc12.